The molecule has 0 fully saturated rings. The van der Waals surface area contributed by atoms with Crippen LogP contribution in [0, 0.1) is 0 Å². The molecule has 0 unspecified atom stereocenters. The average Bonchev–Trinajstić information content (AvgIpc) is 2.17. The van der Waals surface area contributed by atoms with Crippen molar-refractivity contribution in [2.45, 2.75) is 38.8 Å². The minimum Gasteiger partial charge on any atom is -0.449 e. The van der Waals surface area contributed by atoms with E-state index in [0.29, 0.717) is 13.0 Å². The van der Waals surface area contributed by atoms with Gasteiger partial charge in [-0.05, 0) is 25.8 Å². The van der Waals surface area contributed by atoms with Gasteiger partial charge in [0.25, 0.3) is 0 Å². The van der Waals surface area contributed by atoms with Crippen LogP contribution in [0.3, 0.4) is 0 Å². The summed E-state index contributed by atoms with van der Waals surface area (Å²) in [5.74, 6) is 0. The van der Waals surface area contributed by atoms with E-state index in [9.17, 15) is 9.90 Å². The number of rotatable bonds is 2. The number of nitrogens with zero attached hydrogens (tertiary/aromatic N) is 1. The number of carbonyl (C=O) groups is 1. The highest BCUT2D eigenvalue weighted by Crippen LogP contribution is 2.18. The molecule has 0 bridgehead atoms. The smallest absolute Gasteiger partial charge is 0.414 e. The molecule has 0 aromatic heterocycles. The van der Waals surface area contributed by atoms with Gasteiger partial charge >= 0.3 is 6.09 Å². The van der Waals surface area contributed by atoms with E-state index in [1.54, 1.807) is 24.1 Å². The van der Waals surface area contributed by atoms with Gasteiger partial charge < -0.3 is 9.84 Å². The fourth-order valence-electron chi connectivity index (χ4n) is 1.56. The molecule has 4 nitrogen and oxygen atoms in total. The van der Waals surface area contributed by atoms with Crippen LogP contribution in [0.25, 0.3) is 0 Å². The lowest BCUT2D eigenvalue weighted by Crippen LogP contribution is -2.41. The summed E-state index contributed by atoms with van der Waals surface area (Å²) in [6.45, 7) is 4.15. The van der Waals surface area contributed by atoms with Crippen LogP contribution in [0.15, 0.2) is 12.3 Å². The standard InChI is InChI=1S/C10H17NO3/c1-3-8-7-9(12)5-6-11(8)10(13)14-4-2/h5-6,8-9,12H,3-4,7H2,1-2H3/t8-,9+/m1/s1. The molecule has 0 saturated carbocycles. The molecule has 1 rings (SSSR count). The van der Waals surface area contributed by atoms with Gasteiger partial charge in [-0.3, -0.25) is 4.90 Å². The van der Waals surface area contributed by atoms with E-state index < -0.39 is 6.10 Å². The third-order valence-electron chi connectivity index (χ3n) is 2.33. The SMILES string of the molecule is CCOC(=O)N1C=C[C@H](O)C[C@H]1CC. The summed E-state index contributed by atoms with van der Waals surface area (Å²) < 4.78 is 4.90. The molecule has 14 heavy (non-hydrogen) atoms. The van der Waals surface area contributed by atoms with Gasteiger partial charge in [-0.2, -0.15) is 0 Å². The Morgan fingerprint density at radius 1 is 1.64 bits per heavy atom. The second kappa shape index (κ2) is 5.00. The molecule has 1 amide bonds. The molecular weight excluding hydrogens is 182 g/mol. The third-order valence-corrected chi connectivity index (χ3v) is 2.33. The highest BCUT2D eigenvalue weighted by Gasteiger charge is 2.26. The fourth-order valence-corrected chi connectivity index (χ4v) is 1.56. The van der Waals surface area contributed by atoms with Gasteiger partial charge in [0, 0.05) is 12.2 Å². The first-order valence-corrected chi connectivity index (χ1v) is 5.00. The second-order valence-electron chi connectivity index (χ2n) is 3.31. The van der Waals surface area contributed by atoms with Crippen LogP contribution in [0.5, 0.6) is 0 Å². The predicted molar refractivity (Wildman–Crippen MR) is 52.7 cm³/mol. The molecule has 80 valence electrons. The van der Waals surface area contributed by atoms with Gasteiger partial charge in [0.05, 0.1) is 12.7 Å². The molecule has 1 heterocycles. The molecule has 0 aromatic carbocycles. The Morgan fingerprint density at radius 2 is 2.36 bits per heavy atom. The van der Waals surface area contributed by atoms with E-state index in [-0.39, 0.29) is 12.1 Å². The lowest BCUT2D eigenvalue weighted by Gasteiger charge is -2.31. The zero-order valence-corrected chi connectivity index (χ0v) is 8.64. The molecule has 2 atom stereocenters. The van der Waals surface area contributed by atoms with Crippen LogP contribution in [-0.2, 0) is 4.74 Å². The number of aliphatic hydroxyl groups excluding tert-OH is 1. The maximum atomic E-state index is 11.4. The maximum Gasteiger partial charge on any atom is 0.414 e. The topological polar surface area (TPSA) is 49.8 Å². The Kier molecular flexibility index (Phi) is 3.95. The highest BCUT2D eigenvalue weighted by atomic mass is 16.6. The fraction of sp³-hybridized carbons (Fsp3) is 0.700. The summed E-state index contributed by atoms with van der Waals surface area (Å²) >= 11 is 0. The molecule has 1 N–H and O–H groups in total. The lowest BCUT2D eigenvalue weighted by atomic mass is 10.0. The van der Waals surface area contributed by atoms with Crippen molar-refractivity contribution in [3.05, 3.63) is 12.3 Å². The Bertz CT molecular complexity index is 227. The van der Waals surface area contributed by atoms with Gasteiger partial charge in [-0.1, -0.05) is 6.92 Å². The molecule has 0 aliphatic carbocycles. The number of aliphatic hydroxyl groups is 1. The Labute approximate surface area is 84.2 Å². The first-order valence-electron chi connectivity index (χ1n) is 5.00. The van der Waals surface area contributed by atoms with Crippen LogP contribution in [-0.4, -0.2) is 34.9 Å². The molecule has 0 aromatic rings. The summed E-state index contributed by atoms with van der Waals surface area (Å²) in [6, 6.07) is 0.0500. The summed E-state index contributed by atoms with van der Waals surface area (Å²) in [5, 5.41) is 9.37. The van der Waals surface area contributed by atoms with Gasteiger partial charge in [-0.15, -0.1) is 0 Å². The number of carbonyl (C=O) groups excluding carboxylic acids is 1. The summed E-state index contributed by atoms with van der Waals surface area (Å²) in [6.07, 6.45) is 3.86. The summed E-state index contributed by atoms with van der Waals surface area (Å²) in [4.78, 5) is 13.0. The highest BCUT2D eigenvalue weighted by molar-refractivity contribution is 5.69. The molecule has 0 spiro atoms. The zero-order valence-electron chi connectivity index (χ0n) is 8.64. The van der Waals surface area contributed by atoms with E-state index >= 15 is 0 Å². The van der Waals surface area contributed by atoms with E-state index in [1.807, 2.05) is 6.92 Å². The monoisotopic (exact) mass is 199 g/mol. The van der Waals surface area contributed by atoms with Crippen LogP contribution in [0.1, 0.15) is 26.7 Å². The summed E-state index contributed by atoms with van der Waals surface area (Å²) in [7, 11) is 0. The molecule has 1 aliphatic rings. The maximum absolute atomic E-state index is 11.4. The van der Waals surface area contributed by atoms with E-state index in [0.717, 1.165) is 6.42 Å². The van der Waals surface area contributed by atoms with Gasteiger partial charge in [-0.25, -0.2) is 4.79 Å². The normalized spacial score (nSPS) is 26.4. The number of amides is 1. The van der Waals surface area contributed by atoms with E-state index in [2.05, 4.69) is 0 Å². The van der Waals surface area contributed by atoms with Gasteiger partial charge in [0.15, 0.2) is 0 Å². The largest absolute Gasteiger partial charge is 0.449 e. The van der Waals surface area contributed by atoms with Crippen molar-refractivity contribution in [2.75, 3.05) is 6.61 Å². The first-order chi connectivity index (χ1) is 6.69. The van der Waals surface area contributed by atoms with E-state index in [4.69, 9.17) is 4.74 Å². The predicted octanol–water partition coefficient (Wildman–Crippen LogP) is 1.50. The van der Waals surface area contributed by atoms with Crippen LogP contribution >= 0.6 is 0 Å². The number of ether oxygens (including phenoxy) is 1. The quantitative estimate of drug-likeness (QED) is 0.733. The Morgan fingerprint density at radius 3 is 2.93 bits per heavy atom. The van der Waals surface area contributed by atoms with E-state index in [1.165, 1.54) is 0 Å². The molecule has 0 saturated heterocycles. The van der Waals surface area contributed by atoms with Crippen molar-refractivity contribution >= 4 is 6.09 Å². The van der Waals surface area contributed by atoms with Crippen molar-refractivity contribution in [3.8, 4) is 0 Å². The number of hydrogen-bond acceptors (Lipinski definition) is 3. The third kappa shape index (κ3) is 2.48. The van der Waals surface area contributed by atoms with Crippen LogP contribution < -0.4 is 0 Å². The minimum atomic E-state index is -0.439. The summed E-state index contributed by atoms with van der Waals surface area (Å²) in [5.41, 5.74) is 0. The van der Waals surface area contributed by atoms with Gasteiger partial charge in [0.1, 0.15) is 0 Å². The van der Waals surface area contributed by atoms with Crippen molar-refractivity contribution in [2.24, 2.45) is 0 Å². The van der Waals surface area contributed by atoms with Crippen LogP contribution in [0.4, 0.5) is 4.79 Å². The minimum absolute atomic E-state index is 0.0500. The van der Waals surface area contributed by atoms with Gasteiger partial charge in [0.2, 0.25) is 0 Å². The number of hydrogen-bond donors (Lipinski definition) is 1. The Balaban J connectivity index is 2.65. The first kappa shape index (κ1) is 11.0. The van der Waals surface area contributed by atoms with Crippen molar-refractivity contribution in [1.82, 2.24) is 4.90 Å². The van der Waals surface area contributed by atoms with Crippen molar-refractivity contribution in [1.29, 1.82) is 0 Å². The zero-order chi connectivity index (χ0) is 10.6. The molecular formula is C10H17NO3. The molecule has 0 radical (unpaired) electrons. The van der Waals surface area contributed by atoms with Crippen molar-refractivity contribution < 1.29 is 14.6 Å². The molecule has 4 heteroatoms. The van der Waals surface area contributed by atoms with Crippen molar-refractivity contribution in [3.63, 3.8) is 0 Å². The molecule has 1 aliphatic heterocycles. The lowest BCUT2D eigenvalue weighted by molar-refractivity contribution is 0.0874. The second-order valence-corrected chi connectivity index (χ2v) is 3.31. The average molecular weight is 199 g/mol. The Hall–Kier alpha value is -1.03. The van der Waals surface area contributed by atoms with Crippen LogP contribution in [0.2, 0.25) is 0 Å².